The van der Waals surface area contributed by atoms with Gasteiger partial charge in [-0.25, -0.2) is 0 Å². The maximum Gasteiger partial charge on any atom is 0.225 e. The highest BCUT2D eigenvalue weighted by Gasteiger charge is 2.21. The lowest BCUT2D eigenvalue weighted by molar-refractivity contribution is -0.128. The molecule has 1 heterocycles. The standard InChI is InChI=1S/C20H32N2O5/c1-25-12-8-16-4-6-19(7-5-16)27-15-18(23)13-21-9-10-22-20(24)17-3-2-11-26-14-17/h4-7,17-18,21,23H,2-3,8-15H2,1H3,(H,22,24). The first-order chi connectivity index (χ1) is 13.2. The average Bonchev–Trinajstić information content (AvgIpc) is 2.71. The first kappa shape index (κ1) is 21.6. The SMILES string of the molecule is COCCc1ccc(OCC(O)CNCCNC(=O)C2CCCOC2)cc1. The van der Waals surface area contributed by atoms with Crippen molar-refractivity contribution in [1.29, 1.82) is 0 Å². The molecule has 2 unspecified atom stereocenters. The van der Waals surface area contributed by atoms with Gasteiger partial charge in [0, 0.05) is 33.4 Å². The molecule has 0 bridgehead atoms. The van der Waals surface area contributed by atoms with Crippen LogP contribution in [0.15, 0.2) is 24.3 Å². The smallest absolute Gasteiger partial charge is 0.225 e. The van der Waals surface area contributed by atoms with Crippen LogP contribution in [0.5, 0.6) is 5.75 Å². The van der Waals surface area contributed by atoms with Crippen LogP contribution >= 0.6 is 0 Å². The van der Waals surface area contributed by atoms with E-state index in [9.17, 15) is 9.90 Å². The number of amides is 1. The van der Waals surface area contributed by atoms with Gasteiger partial charge in [-0.15, -0.1) is 0 Å². The van der Waals surface area contributed by atoms with Crippen LogP contribution in [-0.4, -0.2) is 70.3 Å². The zero-order chi connectivity index (χ0) is 19.3. The van der Waals surface area contributed by atoms with Crippen molar-refractivity contribution in [2.24, 2.45) is 5.92 Å². The minimum Gasteiger partial charge on any atom is -0.491 e. The molecule has 1 aliphatic heterocycles. The molecule has 0 aliphatic carbocycles. The number of aliphatic hydroxyl groups is 1. The molecule has 7 nitrogen and oxygen atoms in total. The van der Waals surface area contributed by atoms with Crippen molar-refractivity contribution in [3.63, 3.8) is 0 Å². The second-order valence-corrected chi connectivity index (χ2v) is 6.76. The van der Waals surface area contributed by atoms with Crippen molar-refractivity contribution in [2.45, 2.75) is 25.4 Å². The van der Waals surface area contributed by atoms with E-state index in [1.165, 1.54) is 5.56 Å². The molecule has 1 fully saturated rings. The zero-order valence-corrected chi connectivity index (χ0v) is 16.1. The monoisotopic (exact) mass is 380 g/mol. The minimum absolute atomic E-state index is 0.0290. The van der Waals surface area contributed by atoms with Crippen molar-refractivity contribution in [3.8, 4) is 5.75 Å². The highest BCUT2D eigenvalue weighted by molar-refractivity contribution is 5.78. The fourth-order valence-electron chi connectivity index (χ4n) is 2.86. The Hall–Kier alpha value is -1.67. The number of hydrogen-bond acceptors (Lipinski definition) is 6. The number of carbonyl (C=O) groups is 1. The second-order valence-electron chi connectivity index (χ2n) is 6.76. The van der Waals surface area contributed by atoms with Crippen LogP contribution in [-0.2, 0) is 20.7 Å². The summed E-state index contributed by atoms with van der Waals surface area (Å²) in [6.45, 7) is 3.73. The maximum atomic E-state index is 11.9. The number of nitrogens with one attached hydrogen (secondary N) is 2. The third-order valence-corrected chi connectivity index (χ3v) is 4.47. The van der Waals surface area contributed by atoms with Crippen LogP contribution in [0.4, 0.5) is 0 Å². The van der Waals surface area contributed by atoms with Crippen molar-refractivity contribution >= 4 is 5.91 Å². The third-order valence-electron chi connectivity index (χ3n) is 4.47. The molecule has 0 spiro atoms. The molecule has 0 radical (unpaired) electrons. The molecule has 0 saturated carbocycles. The van der Waals surface area contributed by atoms with E-state index in [-0.39, 0.29) is 18.4 Å². The fourth-order valence-corrected chi connectivity index (χ4v) is 2.86. The van der Waals surface area contributed by atoms with Gasteiger partial charge in [0.15, 0.2) is 0 Å². The number of benzene rings is 1. The molecule has 27 heavy (non-hydrogen) atoms. The number of ether oxygens (including phenoxy) is 3. The number of rotatable bonds is 12. The Morgan fingerprint density at radius 3 is 2.85 bits per heavy atom. The number of hydrogen-bond donors (Lipinski definition) is 3. The van der Waals surface area contributed by atoms with Gasteiger partial charge in [-0.1, -0.05) is 12.1 Å². The Morgan fingerprint density at radius 2 is 2.15 bits per heavy atom. The molecular weight excluding hydrogens is 348 g/mol. The third kappa shape index (κ3) is 8.71. The summed E-state index contributed by atoms with van der Waals surface area (Å²) in [5.74, 6) is 0.755. The molecule has 2 rings (SSSR count). The summed E-state index contributed by atoms with van der Waals surface area (Å²) >= 11 is 0. The minimum atomic E-state index is -0.611. The molecule has 7 heteroatoms. The summed E-state index contributed by atoms with van der Waals surface area (Å²) in [7, 11) is 1.69. The van der Waals surface area contributed by atoms with Crippen LogP contribution in [0.3, 0.4) is 0 Å². The summed E-state index contributed by atoms with van der Waals surface area (Å²) < 4.78 is 16.0. The highest BCUT2D eigenvalue weighted by atomic mass is 16.5. The van der Waals surface area contributed by atoms with Crippen LogP contribution in [0.1, 0.15) is 18.4 Å². The van der Waals surface area contributed by atoms with Crippen molar-refractivity contribution in [3.05, 3.63) is 29.8 Å². The molecule has 1 saturated heterocycles. The topological polar surface area (TPSA) is 89.0 Å². The van der Waals surface area contributed by atoms with Gasteiger partial charge in [0.25, 0.3) is 0 Å². The quantitative estimate of drug-likeness (QED) is 0.464. The van der Waals surface area contributed by atoms with Crippen LogP contribution < -0.4 is 15.4 Å². The fraction of sp³-hybridized carbons (Fsp3) is 0.650. The van der Waals surface area contributed by atoms with Gasteiger partial charge >= 0.3 is 0 Å². The van der Waals surface area contributed by atoms with Gasteiger partial charge in [-0.2, -0.15) is 0 Å². The Labute approximate surface area is 161 Å². The van der Waals surface area contributed by atoms with E-state index in [1.54, 1.807) is 7.11 Å². The maximum absolute atomic E-state index is 11.9. The van der Waals surface area contributed by atoms with Crippen LogP contribution in [0.25, 0.3) is 0 Å². The summed E-state index contributed by atoms with van der Waals surface area (Å²) in [5, 5.41) is 16.0. The van der Waals surface area contributed by atoms with E-state index < -0.39 is 6.10 Å². The summed E-state index contributed by atoms with van der Waals surface area (Å²) in [5.41, 5.74) is 1.19. The van der Waals surface area contributed by atoms with Gasteiger partial charge in [-0.3, -0.25) is 4.79 Å². The lowest BCUT2D eigenvalue weighted by Gasteiger charge is -2.21. The first-order valence-corrected chi connectivity index (χ1v) is 9.64. The lowest BCUT2D eigenvalue weighted by atomic mass is 10.0. The molecule has 1 aliphatic rings. The molecule has 2 atom stereocenters. The highest BCUT2D eigenvalue weighted by Crippen LogP contribution is 2.13. The molecule has 1 aromatic carbocycles. The Balaban J connectivity index is 1.51. The second kappa shape index (κ2) is 12.7. The van der Waals surface area contributed by atoms with E-state index >= 15 is 0 Å². The van der Waals surface area contributed by atoms with E-state index in [2.05, 4.69) is 10.6 Å². The molecule has 3 N–H and O–H groups in total. The van der Waals surface area contributed by atoms with Crippen molar-refractivity contribution in [1.82, 2.24) is 10.6 Å². The van der Waals surface area contributed by atoms with Gasteiger partial charge in [-0.05, 0) is 37.0 Å². The van der Waals surface area contributed by atoms with E-state index in [1.807, 2.05) is 24.3 Å². The summed E-state index contributed by atoms with van der Waals surface area (Å²) in [4.78, 5) is 11.9. The number of aliphatic hydroxyl groups excluding tert-OH is 1. The van der Waals surface area contributed by atoms with Gasteiger partial charge in [0.2, 0.25) is 5.91 Å². The normalized spacial score (nSPS) is 18.1. The van der Waals surface area contributed by atoms with Crippen molar-refractivity contribution in [2.75, 3.05) is 53.2 Å². The number of carbonyl (C=O) groups excluding carboxylic acids is 1. The number of methoxy groups -OCH3 is 1. The van der Waals surface area contributed by atoms with E-state index in [0.717, 1.165) is 31.6 Å². The van der Waals surface area contributed by atoms with Crippen LogP contribution in [0, 0.1) is 5.92 Å². The zero-order valence-electron chi connectivity index (χ0n) is 16.1. The van der Waals surface area contributed by atoms with Gasteiger partial charge in [0.05, 0.1) is 19.1 Å². The van der Waals surface area contributed by atoms with Crippen LogP contribution in [0.2, 0.25) is 0 Å². The first-order valence-electron chi connectivity index (χ1n) is 9.64. The Bertz CT molecular complexity index is 532. The molecule has 0 aromatic heterocycles. The largest absolute Gasteiger partial charge is 0.491 e. The lowest BCUT2D eigenvalue weighted by Crippen LogP contribution is -2.40. The Kier molecular flexibility index (Phi) is 10.1. The molecule has 1 amide bonds. The van der Waals surface area contributed by atoms with E-state index in [4.69, 9.17) is 14.2 Å². The summed E-state index contributed by atoms with van der Waals surface area (Å²) in [6, 6.07) is 7.79. The molecule has 152 valence electrons. The predicted molar refractivity (Wildman–Crippen MR) is 103 cm³/mol. The summed E-state index contributed by atoms with van der Waals surface area (Å²) in [6.07, 6.45) is 2.09. The average molecular weight is 380 g/mol. The van der Waals surface area contributed by atoms with Crippen molar-refractivity contribution < 1.29 is 24.1 Å². The Morgan fingerprint density at radius 1 is 1.33 bits per heavy atom. The molecule has 1 aromatic rings. The van der Waals surface area contributed by atoms with E-state index in [0.29, 0.717) is 32.8 Å². The van der Waals surface area contributed by atoms with Gasteiger partial charge < -0.3 is 30.0 Å². The molecular formula is C20H32N2O5. The van der Waals surface area contributed by atoms with Gasteiger partial charge in [0.1, 0.15) is 18.5 Å². The predicted octanol–water partition coefficient (Wildman–Crippen LogP) is 0.748.